The summed E-state index contributed by atoms with van der Waals surface area (Å²) < 4.78 is 13.3. The number of aryl methyl sites for hydroxylation is 1. The number of guanidine groups is 1. The zero-order valence-electron chi connectivity index (χ0n) is 17.5. The highest BCUT2D eigenvalue weighted by Crippen LogP contribution is 2.17. The largest absolute Gasteiger partial charge is 0.379 e. The molecule has 8 heteroatoms. The monoisotopic (exact) mass is 392 g/mol. The molecule has 1 aliphatic carbocycles. The number of aromatic nitrogens is 3. The van der Waals surface area contributed by atoms with Crippen molar-refractivity contribution < 1.29 is 9.47 Å². The highest BCUT2D eigenvalue weighted by atomic mass is 16.5. The summed E-state index contributed by atoms with van der Waals surface area (Å²) in [6.45, 7) is 5.65. The molecule has 1 unspecified atom stereocenters. The Kier molecular flexibility index (Phi) is 8.54. The Balaban J connectivity index is 1.43. The van der Waals surface area contributed by atoms with Gasteiger partial charge in [0.25, 0.3) is 0 Å². The van der Waals surface area contributed by atoms with E-state index in [0.29, 0.717) is 25.3 Å². The fourth-order valence-corrected chi connectivity index (χ4v) is 3.70. The van der Waals surface area contributed by atoms with Crippen molar-refractivity contribution in [1.82, 2.24) is 25.4 Å². The minimum atomic E-state index is 0.299. The number of aliphatic imine (C=N–C) groups is 1. The van der Waals surface area contributed by atoms with Crippen LogP contribution in [0.25, 0.3) is 0 Å². The van der Waals surface area contributed by atoms with Crippen molar-refractivity contribution in [2.75, 3.05) is 26.4 Å². The predicted molar refractivity (Wildman–Crippen MR) is 109 cm³/mol. The van der Waals surface area contributed by atoms with E-state index in [4.69, 9.17) is 14.5 Å². The molecule has 1 aromatic heterocycles. The van der Waals surface area contributed by atoms with Gasteiger partial charge in [0.15, 0.2) is 11.8 Å². The molecule has 8 nitrogen and oxygen atoms in total. The summed E-state index contributed by atoms with van der Waals surface area (Å²) in [5.74, 6) is 2.65. The first-order valence-electron chi connectivity index (χ1n) is 10.8. The van der Waals surface area contributed by atoms with Crippen LogP contribution in [0.3, 0.4) is 0 Å². The Morgan fingerprint density at radius 3 is 2.79 bits per heavy atom. The van der Waals surface area contributed by atoms with E-state index in [-0.39, 0.29) is 0 Å². The molecule has 2 N–H and O–H groups in total. The normalized spacial score (nSPS) is 21.2. The second kappa shape index (κ2) is 11.4. The van der Waals surface area contributed by atoms with Gasteiger partial charge in [-0.05, 0) is 39.0 Å². The smallest absolute Gasteiger partial charge is 0.191 e. The predicted octanol–water partition coefficient (Wildman–Crippen LogP) is 2.08. The van der Waals surface area contributed by atoms with Crippen LogP contribution in [0.5, 0.6) is 0 Å². The van der Waals surface area contributed by atoms with Crippen LogP contribution in [0.1, 0.15) is 63.0 Å². The van der Waals surface area contributed by atoms with E-state index in [1.54, 1.807) is 0 Å². The summed E-state index contributed by atoms with van der Waals surface area (Å²) in [4.78, 5) is 4.75. The van der Waals surface area contributed by atoms with Crippen molar-refractivity contribution in [1.29, 1.82) is 0 Å². The standard InChI is InChI=1S/C20H36N6O2/c1-16-24-25-19(26(16)2)14-22-20(23-17-8-4-3-5-9-17)21-11-7-12-27-15-18-10-6-13-28-18/h17-18H,3-15H2,1-2H3,(H2,21,22,23). The van der Waals surface area contributed by atoms with Crippen LogP contribution in [0.4, 0.5) is 0 Å². The number of rotatable bonds is 9. The van der Waals surface area contributed by atoms with E-state index in [1.165, 1.54) is 32.1 Å². The molecule has 158 valence electrons. The van der Waals surface area contributed by atoms with Gasteiger partial charge in [0.05, 0.1) is 12.7 Å². The first kappa shape index (κ1) is 21.0. The zero-order valence-corrected chi connectivity index (χ0v) is 17.5. The van der Waals surface area contributed by atoms with E-state index in [1.807, 2.05) is 18.5 Å². The fraction of sp³-hybridized carbons (Fsp3) is 0.850. The first-order chi connectivity index (χ1) is 13.7. The summed E-state index contributed by atoms with van der Waals surface area (Å²) >= 11 is 0. The van der Waals surface area contributed by atoms with Gasteiger partial charge in [0, 0.05) is 32.8 Å². The van der Waals surface area contributed by atoms with Gasteiger partial charge in [0.2, 0.25) is 0 Å². The van der Waals surface area contributed by atoms with Gasteiger partial charge < -0.3 is 24.7 Å². The second-order valence-electron chi connectivity index (χ2n) is 7.86. The maximum atomic E-state index is 5.75. The summed E-state index contributed by atoms with van der Waals surface area (Å²) in [6.07, 6.45) is 9.90. The van der Waals surface area contributed by atoms with Crippen molar-refractivity contribution in [3.63, 3.8) is 0 Å². The summed E-state index contributed by atoms with van der Waals surface area (Å²) in [5.41, 5.74) is 0. The van der Waals surface area contributed by atoms with Crippen LogP contribution in [0, 0.1) is 6.92 Å². The Bertz CT molecular complexity index is 606. The molecule has 3 rings (SSSR count). The van der Waals surface area contributed by atoms with Gasteiger partial charge in [-0.2, -0.15) is 0 Å². The number of ether oxygens (including phenoxy) is 2. The molecule has 0 bridgehead atoms. The second-order valence-corrected chi connectivity index (χ2v) is 7.86. The number of hydrogen-bond acceptors (Lipinski definition) is 5. The maximum absolute atomic E-state index is 5.75. The van der Waals surface area contributed by atoms with Crippen molar-refractivity contribution in [3.8, 4) is 0 Å². The van der Waals surface area contributed by atoms with E-state index in [2.05, 4.69) is 20.8 Å². The van der Waals surface area contributed by atoms with Gasteiger partial charge in [-0.15, -0.1) is 10.2 Å². The minimum Gasteiger partial charge on any atom is -0.379 e. The molecule has 28 heavy (non-hydrogen) atoms. The Labute approximate surface area is 168 Å². The fourth-order valence-electron chi connectivity index (χ4n) is 3.70. The number of nitrogens with one attached hydrogen (secondary N) is 2. The van der Waals surface area contributed by atoms with Crippen LogP contribution in [-0.4, -0.2) is 59.2 Å². The molecule has 0 amide bonds. The molecule has 1 aliphatic heterocycles. The molecule has 1 saturated heterocycles. The van der Waals surface area contributed by atoms with E-state index >= 15 is 0 Å². The molecule has 0 spiro atoms. The third-order valence-corrected chi connectivity index (χ3v) is 5.59. The molecule has 1 atom stereocenters. The van der Waals surface area contributed by atoms with Crippen LogP contribution in [-0.2, 0) is 23.1 Å². The van der Waals surface area contributed by atoms with Crippen LogP contribution in [0.15, 0.2) is 4.99 Å². The lowest BCUT2D eigenvalue weighted by Gasteiger charge is -2.25. The Morgan fingerprint density at radius 1 is 1.21 bits per heavy atom. The molecular weight excluding hydrogens is 356 g/mol. The van der Waals surface area contributed by atoms with Gasteiger partial charge in [-0.1, -0.05) is 19.3 Å². The third kappa shape index (κ3) is 6.74. The lowest BCUT2D eigenvalue weighted by atomic mass is 9.96. The third-order valence-electron chi connectivity index (χ3n) is 5.59. The topological polar surface area (TPSA) is 85.6 Å². The van der Waals surface area contributed by atoms with Gasteiger partial charge in [-0.25, -0.2) is 4.99 Å². The molecule has 1 aromatic rings. The van der Waals surface area contributed by atoms with Crippen LogP contribution < -0.4 is 10.6 Å². The average molecular weight is 393 g/mol. The number of hydrogen-bond donors (Lipinski definition) is 2. The molecular formula is C20H36N6O2. The van der Waals surface area contributed by atoms with Crippen LogP contribution in [0.2, 0.25) is 0 Å². The van der Waals surface area contributed by atoms with Gasteiger partial charge in [0.1, 0.15) is 12.4 Å². The molecule has 0 aromatic carbocycles. The first-order valence-corrected chi connectivity index (χ1v) is 10.8. The van der Waals surface area contributed by atoms with Crippen molar-refractivity contribution >= 4 is 5.96 Å². The van der Waals surface area contributed by atoms with E-state index in [0.717, 1.165) is 56.6 Å². The Hall–Kier alpha value is -1.67. The average Bonchev–Trinajstić information content (AvgIpc) is 3.34. The molecule has 2 aliphatic rings. The SMILES string of the molecule is Cc1nnc(CN=C(NCCCOCC2CCCO2)NC2CCCCC2)n1C. The summed E-state index contributed by atoms with van der Waals surface area (Å²) in [7, 11) is 1.98. The van der Waals surface area contributed by atoms with Crippen molar-refractivity contribution in [2.45, 2.75) is 77.0 Å². The summed E-state index contributed by atoms with van der Waals surface area (Å²) in [5, 5.41) is 15.4. The van der Waals surface area contributed by atoms with Crippen molar-refractivity contribution in [2.24, 2.45) is 12.0 Å². The maximum Gasteiger partial charge on any atom is 0.191 e. The Morgan fingerprint density at radius 2 is 2.07 bits per heavy atom. The lowest BCUT2D eigenvalue weighted by Crippen LogP contribution is -2.44. The highest BCUT2D eigenvalue weighted by Gasteiger charge is 2.16. The number of nitrogens with zero attached hydrogens (tertiary/aromatic N) is 4. The molecule has 0 radical (unpaired) electrons. The van der Waals surface area contributed by atoms with E-state index in [9.17, 15) is 0 Å². The lowest BCUT2D eigenvalue weighted by molar-refractivity contribution is 0.0168. The summed E-state index contributed by atoms with van der Waals surface area (Å²) in [6, 6.07) is 0.511. The zero-order chi connectivity index (χ0) is 19.6. The molecule has 2 heterocycles. The van der Waals surface area contributed by atoms with Gasteiger partial charge in [-0.3, -0.25) is 0 Å². The minimum absolute atomic E-state index is 0.299. The van der Waals surface area contributed by atoms with Crippen molar-refractivity contribution in [3.05, 3.63) is 11.6 Å². The van der Waals surface area contributed by atoms with Gasteiger partial charge >= 0.3 is 0 Å². The highest BCUT2D eigenvalue weighted by molar-refractivity contribution is 5.80. The van der Waals surface area contributed by atoms with Crippen LogP contribution >= 0.6 is 0 Å². The quantitative estimate of drug-likeness (QED) is 0.380. The molecule has 2 fully saturated rings. The van der Waals surface area contributed by atoms with E-state index < -0.39 is 0 Å². The molecule has 1 saturated carbocycles.